The number of anilines is 3. The highest BCUT2D eigenvalue weighted by Gasteiger charge is 2.11. The lowest BCUT2D eigenvalue weighted by Crippen LogP contribution is -2.15. The van der Waals surface area contributed by atoms with Crippen LogP contribution in [0.3, 0.4) is 0 Å². The summed E-state index contributed by atoms with van der Waals surface area (Å²) in [5.41, 5.74) is 3.11. The monoisotopic (exact) mass is 380 g/mol. The average molecular weight is 381 g/mol. The molecule has 0 saturated heterocycles. The number of benzene rings is 2. The van der Waals surface area contributed by atoms with Crippen molar-refractivity contribution in [3.8, 4) is 0 Å². The van der Waals surface area contributed by atoms with Crippen molar-refractivity contribution in [2.75, 3.05) is 10.6 Å². The number of nitrogens with one attached hydrogen (secondary N) is 2. The van der Waals surface area contributed by atoms with Crippen LogP contribution in [0.15, 0.2) is 54.9 Å². The van der Waals surface area contributed by atoms with Crippen LogP contribution in [-0.4, -0.2) is 21.7 Å². The Morgan fingerprint density at radius 3 is 2.44 bits per heavy atom. The van der Waals surface area contributed by atoms with Crippen LogP contribution >= 0.6 is 11.6 Å². The molecule has 1 amide bonds. The van der Waals surface area contributed by atoms with Crippen LogP contribution in [0.5, 0.6) is 0 Å². The molecule has 1 heterocycles. The van der Waals surface area contributed by atoms with Crippen LogP contribution in [0.1, 0.15) is 33.3 Å². The lowest BCUT2D eigenvalue weighted by atomic mass is 10.1. The third kappa shape index (κ3) is 4.68. The molecule has 0 unspecified atom stereocenters. The number of aryl methyl sites for hydroxylation is 1. The fourth-order valence-corrected chi connectivity index (χ4v) is 2.57. The Labute approximate surface area is 161 Å². The van der Waals surface area contributed by atoms with E-state index in [1.165, 1.54) is 13.3 Å². The number of carbonyl (C=O) groups excluding carboxylic acids is 2. The van der Waals surface area contributed by atoms with E-state index >= 15 is 0 Å². The van der Waals surface area contributed by atoms with E-state index in [9.17, 15) is 9.59 Å². The second kappa shape index (κ2) is 7.97. The van der Waals surface area contributed by atoms with E-state index < -0.39 is 0 Å². The molecular formula is C20H17ClN4O2. The Morgan fingerprint density at radius 1 is 1.00 bits per heavy atom. The normalized spacial score (nSPS) is 10.3. The minimum Gasteiger partial charge on any atom is -0.340 e. The number of rotatable bonds is 5. The van der Waals surface area contributed by atoms with Gasteiger partial charge in [0.25, 0.3) is 5.91 Å². The standard InChI is InChI=1S/C20H17ClN4O2/c1-12-3-6-15(21)9-17(12)25-20(27)18-10-19(23-11-22-18)24-16-7-4-14(5-8-16)13(2)26/h3-11H,1-2H3,(H,25,27)(H,22,23,24). The average Bonchev–Trinajstić information content (AvgIpc) is 2.65. The fourth-order valence-electron chi connectivity index (χ4n) is 2.40. The van der Waals surface area contributed by atoms with Gasteiger partial charge >= 0.3 is 0 Å². The SMILES string of the molecule is CC(=O)c1ccc(Nc2cc(C(=O)Nc3cc(Cl)ccc3C)ncn2)cc1. The van der Waals surface area contributed by atoms with Gasteiger partial charge in [-0.25, -0.2) is 9.97 Å². The Kier molecular flexibility index (Phi) is 5.47. The summed E-state index contributed by atoms with van der Waals surface area (Å²) in [7, 11) is 0. The Bertz CT molecular complexity index is 1000. The van der Waals surface area contributed by atoms with Gasteiger partial charge in [0.2, 0.25) is 0 Å². The Hall–Kier alpha value is -3.25. The van der Waals surface area contributed by atoms with Crippen LogP contribution < -0.4 is 10.6 Å². The minimum absolute atomic E-state index is 0.00106. The first-order valence-corrected chi connectivity index (χ1v) is 8.58. The molecule has 0 aliphatic rings. The quantitative estimate of drug-likeness (QED) is 0.630. The van der Waals surface area contributed by atoms with Gasteiger partial charge in [-0.2, -0.15) is 0 Å². The molecule has 0 aliphatic heterocycles. The molecule has 27 heavy (non-hydrogen) atoms. The Morgan fingerprint density at radius 2 is 1.74 bits per heavy atom. The van der Waals surface area contributed by atoms with Crippen molar-refractivity contribution in [1.82, 2.24) is 9.97 Å². The highest BCUT2D eigenvalue weighted by molar-refractivity contribution is 6.31. The van der Waals surface area contributed by atoms with E-state index in [1.54, 1.807) is 42.5 Å². The van der Waals surface area contributed by atoms with Gasteiger partial charge in [-0.1, -0.05) is 17.7 Å². The van der Waals surface area contributed by atoms with Gasteiger partial charge in [0, 0.05) is 28.0 Å². The number of halogens is 1. The number of Topliss-reactive ketones (excluding diaryl/α,β-unsaturated/α-hetero) is 1. The third-order valence-electron chi connectivity index (χ3n) is 3.91. The summed E-state index contributed by atoms with van der Waals surface area (Å²) in [5, 5.41) is 6.42. The molecule has 0 spiro atoms. The van der Waals surface area contributed by atoms with Crippen molar-refractivity contribution in [2.45, 2.75) is 13.8 Å². The van der Waals surface area contributed by atoms with E-state index in [0.717, 1.165) is 11.3 Å². The van der Waals surface area contributed by atoms with Crippen LogP contribution in [0.4, 0.5) is 17.2 Å². The highest BCUT2D eigenvalue weighted by atomic mass is 35.5. The first kappa shape index (κ1) is 18.5. The number of hydrogen-bond acceptors (Lipinski definition) is 5. The second-order valence-electron chi connectivity index (χ2n) is 5.96. The largest absolute Gasteiger partial charge is 0.340 e. The van der Waals surface area contributed by atoms with E-state index in [1.807, 2.05) is 13.0 Å². The maximum atomic E-state index is 12.5. The number of hydrogen-bond donors (Lipinski definition) is 2. The van der Waals surface area contributed by atoms with Gasteiger partial charge in [-0.05, 0) is 55.8 Å². The molecule has 3 aromatic rings. The summed E-state index contributed by atoms with van der Waals surface area (Å²) < 4.78 is 0. The molecular weight excluding hydrogens is 364 g/mol. The number of aromatic nitrogens is 2. The molecule has 136 valence electrons. The Balaban J connectivity index is 1.75. The zero-order valence-electron chi connectivity index (χ0n) is 14.8. The van der Waals surface area contributed by atoms with Crippen molar-refractivity contribution in [3.05, 3.63) is 76.7 Å². The molecule has 6 nitrogen and oxygen atoms in total. The zero-order chi connectivity index (χ0) is 19.4. The highest BCUT2D eigenvalue weighted by Crippen LogP contribution is 2.21. The van der Waals surface area contributed by atoms with Crippen molar-refractivity contribution >= 4 is 40.5 Å². The zero-order valence-corrected chi connectivity index (χ0v) is 15.5. The number of carbonyl (C=O) groups is 2. The maximum Gasteiger partial charge on any atom is 0.274 e. The molecule has 0 bridgehead atoms. The van der Waals surface area contributed by atoms with E-state index in [4.69, 9.17) is 11.6 Å². The van der Waals surface area contributed by atoms with Gasteiger partial charge in [0.15, 0.2) is 5.78 Å². The van der Waals surface area contributed by atoms with Crippen molar-refractivity contribution in [2.24, 2.45) is 0 Å². The molecule has 0 aliphatic carbocycles. The first-order chi connectivity index (χ1) is 12.9. The lowest BCUT2D eigenvalue weighted by molar-refractivity contribution is 0.101. The lowest BCUT2D eigenvalue weighted by Gasteiger charge is -2.10. The summed E-state index contributed by atoms with van der Waals surface area (Å²) in [6, 6.07) is 13.8. The maximum absolute atomic E-state index is 12.5. The van der Waals surface area contributed by atoms with E-state index in [2.05, 4.69) is 20.6 Å². The van der Waals surface area contributed by atoms with Gasteiger partial charge in [0.1, 0.15) is 17.8 Å². The van der Waals surface area contributed by atoms with Crippen LogP contribution in [0.2, 0.25) is 5.02 Å². The number of ketones is 1. The second-order valence-corrected chi connectivity index (χ2v) is 6.40. The van der Waals surface area contributed by atoms with Crippen LogP contribution in [0.25, 0.3) is 0 Å². The molecule has 0 atom stereocenters. The molecule has 2 N–H and O–H groups in total. The topological polar surface area (TPSA) is 84.0 Å². The number of amides is 1. The first-order valence-electron chi connectivity index (χ1n) is 8.20. The van der Waals surface area contributed by atoms with Gasteiger partial charge in [-0.15, -0.1) is 0 Å². The summed E-state index contributed by atoms with van der Waals surface area (Å²) in [6.45, 7) is 3.39. The predicted octanol–water partition coefficient (Wildman–Crippen LogP) is 4.64. The fraction of sp³-hybridized carbons (Fsp3) is 0.100. The third-order valence-corrected chi connectivity index (χ3v) is 4.15. The minimum atomic E-state index is -0.363. The number of nitrogens with zero attached hydrogens (tertiary/aromatic N) is 2. The smallest absolute Gasteiger partial charge is 0.274 e. The van der Waals surface area contributed by atoms with E-state index in [0.29, 0.717) is 22.1 Å². The van der Waals surface area contributed by atoms with Gasteiger partial charge in [-0.3, -0.25) is 9.59 Å². The molecule has 7 heteroatoms. The summed E-state index contributed by atoms with van der Waals surface area (Å²) in [6.07, 6.45) is 1.31. The predicted molar refractivity (Wildman–Crippen MR) is 106 cm³/mol. The molecule has 0 saturated carbocycles. The summed E-state index contributed by atoms with van der Waals surface area (Å²) in [4.78, 5) is 32.0. The molecule has 2 aromatic carbocycles. The summed E-state index contributed by atoms with van der Waals surface area (Å²) >= 11 is 5.98. The molecule has 0 fully saturated rings. The van der Waals surface area contributed by atoms with Crippen LogP contribution in [-0.2, 0) is 0 Å². The molecule has 0 radical (unpaired) electrons. The van der Waals surface area contributed by atoms with Crippen LogP contribution in [0, 0.1) is 6.92 Å². The van der Waals surface area contributed by atoms with E-state index in [-0.39, 0.29) is 17.4 Å². The molecule has 3 rings (SSSR count). The van der Waals surface area contributed by atoms with Crippen molar-refractivity contribution in [3.63, 3.8) is 0 Å². The summed E-state index contributed by atoms with van der Waals surface area (Å²) in [5.74, 6) is 0.102. The molecule has 1 aromatic heterocycles. The van der Waals surface area contributed by atoms with Gasteiger partial charge in [0.05, 0.1) is 0 Å². The van der Waals surface area contributed by atoms with Crippen molar-refractivity contribution in [1.29, 1.82) is 0 Å². The van der Waals surface area contributed by atoms with Gasteiger partial charge < -0.3 is 10.6 Å². The van der Waals surface area contributed by atoms with Crippen molar-refractivity contribution < 1.29 is 9.59 Å².